The molecule has 0 fully saturated rings. The van der Waals surface area contributed by atoms with Gasteiger partial charge in [-0.15, -0.1) is 0 Å². The van der Waals surface area contributed by atoms with Gasteiger partial charge in [-0.1, -0.05) is 32.8 Å². The molecule has 3 heteroatoms. The van der Waals surface area contributed by atoms with Gasteiger partial charge in [-0.3, -0.25) is 4.79 Å². The number of carbonyl (C=O) groups excluding carboxylic acids is 1. The second-order valence-electron chi connectivity index (χ2n) is 4.12. The van der Waals surface area contributed by atoms with Gasteiger partial charge in [-0.05, 0) is 24.6 Å². The third-order valence-electron chi connectivity index (χ3n) is 2.58. The molecule has 0 bridgehead atoms. The van der Waals surface area contributed by atoms with Crippen LogP contribution < -0.4 is 10.6 Å². The first kappa shape index (κ1) is 13.6. The normalized spacial score (nSPS) is 10.0. The molecule has 17 heavy (non-hydrogen) atoms. The molecule has 0 saturated carbocycles. The zero-order valence-electron chi connectivity index (χ0n) is 10.8. The first-order chi connectivity index (χ1) is 8.26. The Morgan fingerprint density at radius 2 is 1.94 bits per heavy atom. The van der Waals surface area contributed by atoms with Gasteiger partial charge in [-0.25, -0.2) is 0 Å². The highest BCUT2D eigenvalue weighted by Gasteiger charge is 1.99. The van der Waals surface area contributed by atoms with Crippen LogP contribution in [0.4, 0.5) is 11.4 Å². The van der Waals surface area contributed by atoms with Gasteiger partial charge in [0, 0.05) is 24.3 Å². The van der Waals surface area contributed by atoms with Gasteiger partial charge in [0.05, 0.1) is 0 Å². The summed E-state index contributed by atoms with van der Waals surface area (Å²) < 4.78 is 0. The van der Waals surface area contributed by atoms with Gasteiger partial charge in [0.25, 0.3) is 0 Å². The lowest BCUT2D eigenvalue weighted by Gasteiger charge is -2.08. The van der Waals surface area contributed by atoms with Crippen LogP contribution in [0.2, 0.25) is 0 Å². The van der Waals surface area contributed by atoms with E-state index in [2.05, 4.69) is 17.6 Å². The zero-order valence-corrected chi connectivity index (χ0v) is 10.8. The quantitative estimate of drug-likeness (QED) is 0.707. The zero-order chi connectivity index (χ0) is 12.5. The number of rotatable bonds is 7. The minimum atomic E-state index is 0.0492. The van der Waals surface area contributed by atoms with Crippen LogP contribution in [-0.2, 0) is 4.79 Å². The van der Waals surface area contributed by atoms with E-state index in [-0.39, 0.29) is 5.91 Å². The minimum Gasteiger partial charge on any atom is -0.385 e. The molecule has 0 aromatic heterocycles. The summed E-state index contributed by atoms with van der Waals surface area (Å²) in [4.78, 5) is 11.3. The summed E-state index contributed by atoms with van der Waals surface area (Å²) in [7, 11) is 0. The van der Waals surface area contributed by atoms with E-state index in [1.807, 2.05) is 31.2 Å². The van der Waals surface area contributed by atoms with E-state index in [1.54, 1.807) is 0 Å². The van der Waals surface area contributed by atoms with E-state index < -0.39 is 0 Å². The molecular weight excluding hydrogens is 212 g/mol. The summed E-state index contributed by atoms with van der Waals surface area (Å²) >= 11 is 0. The van der Waals surface area contributed by atoms with Crippen LogP contribution in [0.15, 0.2) is 24.3 Å². The molecular formula is C14H22N2O. The number of hydrogen-bond acceptors (Lipinski definition) is 2. The maximum Gasteiger partial charge on any atom is 0.224 e. The molecule has 0 unspecified atom stereocenters. The average Bonchev–Trinajstić information content (AvgIpc) is 2.35. The van der Waals surface area contributed by atoms with Crippen molar-refractivity contribution in [2.24, 2.45) is 0 Å². The highest BCUT2D eigenvalue weighted by molar-refractivity contribution is 5.90. The number of nitrogens with one attached hydrogen (secondary N) is 2. The van der Waals surface area contributed by atoms with Crippen molar-refractivity contribution in [1.82, 2.24) is 0 Å². The molecule has 1 aromatic rings. The van der Waals surface area contributed by atoms with Crippen molar-refractivity contribution in [2.75, 3.05) is 17.2 Å². The Bertz CT molecular complexity index is 350. The lowest BCUT2D eigenvalue weighted by atomic mass is 10.2. The van der Waals surface area contributed by atoms with Gasteiger partial charge in [0.1, 0.15) is 0 Å². The summed E-state index contributed by atoms with van der Waals surface area (Å²) in [5.74, 6) is 0.0492. The van der Waals surface area contributed by atoms with Crippen molar-refractivity contribution in [3.05, 3.63) is 24.3 Å². The average molecular weight is 234 g/mol. The van der Waals surface area contributed by atoms with E-state index >= 15 is 0 Å². The van der Waals surface area contributed by atoms with Crippen molar-refractivity contribution in [2.45, 2.75) is 39.5 Å². The minimum absolute atomic E-state index is 0.0492. The Labute approximate surface area is 104 Å². The molecule has 1 aromatic carbocycles. The summed E-state index contributed by atoms with van der Waals surface area (Å²) in [5.41, 5.74) is 1.92. The van der Waals surface area contributed by atoms with Crippen LogP contribution in [0.1, 0.15) is 39.5 Å². The molecule has 0 aliphatic rings. The molecule has 0 atom stereocenters. The summed E-state index contributed by atoms with van der Waals surface area (Å²) in [5, 5.41) is 6.21. The smallest absolute Gasteiger partial charge is 0.224 e. The monoisotopic (exact) mass is 234 g/mol. The van der Waals surface area contributed by atoms with E-state index in [0.29, 0.717) is 6.42 Å². The summed E-state index contributed by atoms with van der Waals surface area (Å²) in [6.45, 7) is 5.03. The maximum absolute atomic E-state index is 11.3. The van der Waals surface area contributed by atoms with Gasteiger partial charge >= 0.3 is 0 Å². The SMILES string of the molecule is CCCCCNc1cccc(NC(=O)CC)c1. The second kappa shape index (κ2) is 7.71. The number of benzene rings is 1. The summed E-state index contributed by atoms with van der Waals surface area (Å²) in [6, 6.07) is 7.85. The number of carbonyl (C=O) groups is 1. The Morgan fingerprint density at radius 3 is 2.65 bits per heavy atom. The van der Waals surface area contributed by atoms with Crippen LogP contribution >= 0.6 is 0 Å². The first-order valence-electron chi connectivity index (χ1n) is 6.40. The molecule has 1 amide bonds. The van der Waals surface area contributed by atoms with Crippen molar-refractivity contribution < 1.29 is 4.79 Å². The molecule has 0 aliphatic carbocycles. The fraction of sp³-hybridized carbons (Fsp3) is 0.500. The van der Waals surface area contributed by atoms with Crippen LogP contribution in [-0.4, -0.2) is 12.5 Å². The Kier molecular flexibility index (Phi) is 6.15. The number of amides is 1. The van der Waals surface area contributed by atoms with E-state index in [1.165, 1.54) is 19.3 Å². The molecule has 2 N–H and O–H groups in total. The molecule has 0 heterocycles. The fourth-order valence-electron chi connectivity index (χ4n) is 1.56. The third-order valence-corrected chi connectivity index (χ3v) is 2.58. The molecule has 0 saturated heterocycles. The van der Waals surface area contributed by atoms with Crippen LogP contribution in [0.5, 0.6) is 0 Å². The molecule has 94 valence electrons. The lowest BCUT2D eigenvalue weighted by molar-refractivity contribution is -0.115. The third kappa shape index (κ3) is 5.38. The Morgan fingerprint density at radius 1 is 1.18 bits per heavy atom. The molecule has 1 rings (SSSR count). The lowest BCUT2D eigenvalue weighted by Crippen LogP contribution is -2.09. The topological polar surface area (TPSA) is 41.1 Å². The second-order valence-corrected chi connectivity index (χ2v) is 4.12. The molecule has 3 nitrogen and oxygen atoms in total. The Hall–Kier alpha value is -1.51. The van der Waals surface area contributed by atoms with Gasteiger partial charge in [0.15, 0.2) is 0 Å². The fourth-order valence-corrected chi connectivity index (χ4v) is 1.56. The van der Waals surface area contributed by atoms with Gasteiger partial charge < -0.3 is 10.6 Å². The molecule has 0 spiro atoms. The van der Waals surface area contributed by atoms with Crippen LogP contribution in [0, 0.1) is 0 Å². The largest absolute Gasteiger partial charge is 0.385 e. The van der Waals surface area contributed by atoms with Crippen molar-refractivity contribution >= 4 is 17.3 Å². The van der Waals surface area contributed by atoms with Crippen molar-refractivity contribution in [1.29, 1.82) is 0 Å². The first-order valence-corrected chi connectivity index (χ1v) is 6.40. The number of hydrogen-bond donors (Lipinski definition) is 2. The standard InChI is InChI=1S/C14H22N2O/c1-3-5-6-10-15-12-8-7-9-13(11-12)16-14(17)4-2/h7-9,11,15H,3-6,10H2,1-2H3,(H,16,17). The van der Waals surface area contributed by atoms with Crippen molar-refractivity contribution in [3.63, 3.8) is 0 Å². The molecule has 0 aliphatic heterocycles. The predicted molar refractivity (Wildman–Crippen MR) is 73.4 cm³/mol. The molecule has 0 radical (unpaired) electrons. The van der Waals surface area contributed by atoms with Gasteiger partial charge in [-0.2, -0.15) is 0 Å². The highest BCUT2D eigenvalue weighted by atomic mass is 16.1. The van der Waals surface area contributed by atoms with E-state index in [9.17, 15) is 4.79 Å². The number of anilines is 2. The Balaban J connectivity index is 2.45. The van der Waals surface area contributed by atoms with Gasteiger partial charge in [0.2, 0.25) is 5.91 Å². The summed E-state index contributed by atoms with van der Waals surface area (Å²) in [6.07, 6.45) is 4.17. The van der Waals surface area contributed by atoms with Crippen LogP contribution in [0.3, 0.4) is 0 Å². The highest BCUT2D eigenvalue weighted by Crippen LogP contribution is 2.15. The maximum atomic E-state index is 11.3. The predicted octanol–water partition coefficient (Wildman–Crippen LogP) is 3.64. The van der Waals surface area contributed by atoms with E-state index in [0.717, 1.165) is 17.9 Å². The van der Waals surface area contributed by atoms with Crippen molar-refractivity contribution in [3.8, 4) is 0 Å². The van der Waals surface area contributed by atoms with Crippen LogP contribution in [0.25, 0.3) is 0 Å². The van der Waals surface area contributed by atoms with E-state index in [4.69, 9.17) is 0 Å². The number of unbranched alkanes of at least 4 members (excludes halogenated alkanes) is 2.